The first-order valence-electron chi connectivity index (χ1n) is 8.65. The predicted octanol–water partition coefficient (Wildman–Crippen LogP) is 5.54. The minimum Gasteiger partial charge on any atom is -0.245 e. The second-order valence-electron chi connectivity index (χ2n) is 6.34. The average molecular weight is 360 g/mol. The van der Waals surface area contributed by atoms with Gasteiger partial charge in [-0.3, -0.25) is 0 Å². The number of nitriles is 1. The van der Waals surface area contributed by atoms with Gasteiger partial charge in [-0.05, 0) is 48.1 Å². The lowest BCUT2D eigenvalue weighted by Gasteiger charge is -2.14. The lowest BCUT2D eigenvalue weighted by molar-refractivity contribution is 0.627. The third-order valence-corrected chi connectivity index (χ3v) is 5.70. The second-order valence-corrected chi connectivity index (χ2v) is 7.30. The zero-order valence-corrected chi connectivity index (χ0v) is 15.0. The standard InChI is InChI=1S/C22H17FN2S/c23-17-11-9-15(10-12-17)14-26-22-19(13-24)21(16-5-2-1-3-6-16)18-7-4-8-20(18)25-22/h1-3,5-6,9-12H,4,7-8,14H2. The normalized spacial score (nSPS) is 12.6. The van der Waals surface area contributed by atoms with Gasteiger partial charge in [-0.1, -0.05) is 42.5 Å². The van der Waals surface area contributed by atoms with E-state index in [1.54, 1.807) is 23.9 Å². The molecule has 0 aliphatic heterocycles. The second kappa shape index (κ2) is 7.31. The fourth-order valence-electron chi connectivity index (χ4n) is 3.42. The van der Waals surface area contributed by atoms with Crippen molar-refractivity contribution in [1.29, 1.82) is 5.26 Å². The summed E-state index contributed by atoms with van der Waals surface area (Å²) < 4.78 is 13.1. The summed E-state index contributed by atoms with van der Waals surface area (Å²) >= 11 is 1.55. The van der Waals surface area contributed by atoms with Crippen molar-refractivity contribution in [3.8, 4) is 17.2 Å². The summed E-state index contributed by atoms with van der Waals surface area (Å²) in [6.07, 6.45) is 3.02. The number of hydrogen-bond donors (Lipinski definition) is 0. The number of benzene rings is 2. The van der Waals surface area contributed by atoms with Gasteiger partial charge in [-0.2, -0.15) is 5.26 Å². The monoisotopic (exact) mass is 360 g/mol. The molecule has 0 bridgehead atoms. The highest BCUT2D eigenvalue weighted by Crippen LogP contribution is 2.39. The quantitative estimate of drug-likeness (QED) is 0.573. The SMILES string of the molecule is N#Cc1c(SCc2ccc(F)cc2)nc2c(c1-c1ccccc1)CCC2. The van der Waals surface area contributed by atoms with Crippen molar-refractivity contribution in [1.82, 2.24) is 4.98 Å². The van der Waals surface area contributed by atoms with E-state index < -0.39 is 0 Å². The van der Waals surface area contributed by atoms with Crippen LogP contribution in [0.5, 0.6) is 0 Å². The number of aryl methyl sites for hydroxylation is 1. The zero-order chi connectivity index (χ0) is 17.9. The predicted molar refractivity (Wildman–Crippen MR) is 102 cm³/mol. The van der Waals surface area contributed by atoms with Crippen molar-refractivity contribution >= 4 is 11.8 Å². The van der Waals surface area contributed by atoms with E-state index in [2.05, 4.69) is 18.2 Å². The number of rotatable bonds is 4. The summed E-state index contributed by atoms with van der Waals surface area (Å²) in [5, 5.41) is 10.6. The van der Waals surface area contributed by atoms with Crippen LogP contribution >= 0.6 is 11.8 Å². The first-order valence-corrected chi connectivity index (χ1v) is 9.63. The lowest BCUT2D eigenvalue weighted by atomic mass is 9.95. The molecule has 1 aromatic heterocycles. The summed E-state index contributed by atoms with van der Waals surface area (Å²) in [5.74, 6) is 0.424. The van der Waals surface area contributed by atoms with E-state index in [0.29, 0.717) is 11.3 Å². The van der Waals surface area contributed by atoms with Crippen LogP contribution in [0.1, 0.15) is 28.8 Å². The molecule has 0 radical (unpaired) electrons. The smallest absolute Gasteiger partial charge is 0.123 e. The van der Waals surface area contributed by atoms with E-state index in [1.165, 1.54) is 17.7 Å². The van der Waals surface area contributed by atoms with Crippen molar-refractivity contribution < 1.29 is 4.39 Å². The summed E-state index contributed by atoms with van der Waals surface area (Å²) in [6.45, 7) is 0. The third kappa shape index (κ3) is 3.23. The van der Waals surface area contributed by atoms with Gasteiger partial charge in [0.2, 0.25) is 0 Å². The van der Waals surface area contributed by atoms with Gasteiger partial charge in [0.1, 0.15) is 16.9 Å². The largest absolute Gasteiger partial charge is 0.245 e. The van der Waals surface area contributed by atoms with Gasteiger partial charge in [0, 0.05) is 17.0 Å². The van der Waals surface area contributed by atoms with Gasteiger partial charge in [0.05, 0.1) is 5.56 Å². The Balaban J connectivity index is 1.75. The number of aromatic nitrogens is 1. The molecule has 0 saturated carbocycles. The number of hydrogen-bond acceptors (Lipinski definition) is 3. The molecule has 0 spiro atoms. The molecule has 1 heterocycles. The first-order chi connectivity index (χ1) is 12.8. The van der Waals surface area contributed by atoms with E-state index in [4.69, 9.17) is 4.98 Å². The highest BCUT2D eigenvalue weighted by Gasteiger charge is 2.24. The Hall–Kier alpha value is -2.64. The van der Waals surface area contributed by atoms with Crippen LogP contribution in [0.2, 0.25) is 0 Å². The molecule has 4 rings (SSSR count). The maximum Gasteiger partial charge on any atom is 0.123 e. The maximum atomic E-state index is 13.1. The Kier molecular flexibility index (Phi) is 4.73. The summed E-state index contributed by atoms with van der Waals surface area (Å²) in [7, 11) is 0. The van der Waals surface area contributed by atoms with Crippen LogP contribution in [0.4, 0.5) is 4.39 Å². The van der Waals surface area contributed by atoms with Crippen LogP contribution < -0.4 is 0 Å². The molecule has 0 fully saturated rings. The molecular weight excluding hydrogens is 343 g/mol. The molecule has 3 aromatic rings. The summed E-state index contributed by atoms with van der Waals surface area (Å²) in [4.78, 5) is 4.81. The van der Waals surface area contributed by atoms with Crippen molar-refractivity contribution in [2.45, 2.75) is 30.0 Å². The number of halogens is 1. The first kappa shape index (κ1) is 16.8. The van der Waals surface area contributed by atoms with Gasteiger partial charge >= 0.3 is 0 Å². The van der Waals surface area contributed by atoms with Crippen LogP contribution in [-0.4, -0.2) is 4.98 Å². The number of pyridine rings is 1. The van der Waals surface area contributed by atoms with E-state index in [-0.39, 0.29) is 5.82 Å². The van der Waals surface area contributed by atoms with Gasteiger partial charge in [-0.25, -0.2) is 9.37 Å². The topological polar surface area (TPSA) is 36.7 Å². The molecule has 1 aliphatic carbocycles. The molecule has 1 aliphatic rings. The van der Waals surface area contributed by atoms with Crippen LogP contribution in [0.15, 0.2) is 59.6 Å². The number of fused-ring (bicyclic) bond motifs is 1. The van der Waals surface area contributed by atoms with E-state index in [9.17, 15) is 9.65 Å². The highest BCUT2D eigenvalue weighted by molar-refractivity contribution is 7.98. The minimum atomic E-state index is -0.238. The molecule has 0 N–H and O–H groups in total. The van der Waals surface area contributed by atoms with Crippen molar-refractivity contribution in [2.75, 3.05) is 0 Å². The van der Waals surface area contributed by atoms with Gasteiger partial charge in [-0.15, -0.1) is 11.8 Å². The Morgan fingerprint density at radius 3 is 2.54 bits per heavy atom. The van der Waals surface area contributed by atoms with Crippen molar-refractivity contribution in [3.05, 3.63) is 82.8 Å². The van der Waals surface area contributed by atoms with Crippen LogP contribution in [0, 0.1) is 17.1 Å². The third-order valence-electron chi connectivity index (χ3n) is 4.65. The van der Waals surface area contributed by atoms with E-state index >= 15 is 0 Å². The maximum absolute atomic E-state index is 13.1. The van der Waals surface area contributed by atoms with Crippen molar-refractivity contribution in [3.63, 3.8) is 0 Å². The fraction of sp³-hybridized carbons (Fsp3) is 0.182. The Bertz CT molecular complexity index is 976. The average Bonchev–Trinajstić information content (AvgIpc) is 3.15. The lowest BCUT2D eigenvalue weighted by Crippen LogP contribution is -2.00. The van der Waals surface area contributed by atoms with Crippen molar-refractivity contribution in [2.24, 2.45) is 0 Å². The minimum absolute atomic E-state index is 0.238. The highest BCUT2D eigenvalue weighted by atomic mass is 32.2. The van der Waals surface area contributed by atoms with Crippen LogP contribution in [-0.2, 0) is 18.6 Å². The Labute approximate surface area is 156 Å². The fourth-order valence-corrected chi connectivity index (χ4v) is 4.38. The molecule has 0 amide bonds. The van der Waals surface area contributed by atoms with Gasteiger partial charge in [0.15, 0.2) is 0 Å². The molecule has 26 heavy (non-hydrogen) atoms. The molecule has 128 valence electrons. The molecule has 0 atom stereocenters. The molecular formula is C22H17FN2S. The number of nitrogens with zero attached hydrogens (tertiary/aromatic N) is 2. The molecule has 0 unspecified atom stereocenters. The zero-order valence-electron chi connectivity index (χ0n) is 14.2. The van der Waals surface area contributed by atoms with Gasteiger partial charge in [0.25, 0.3) is 0 Å². The molecule has 4 heteroatoms. The van der Waals surface area contributed by atoms with Crippen LogP contribution in [0.25, 0.3) is 11.1 Å². The summed E-state index contributed by atoms with van der Waals surface area (Å²) in [6, 6.07) is 19.0. The molecule has 2 aromatic carbocycles. The van der Waals surface area contributed by atoms with Crippen LogP contribution in [0.3, 0.4) is 0 Å². The molecule has 0 saturated heterocycles. The van der Waals surface area contributed by atoms with E-state index in [1.807, 2.05) is 18.2 Å². The van der Waals surface area contributed by atoms with E-state index in [0.717, 1.165) is 46.7 Å². The Morgan fingerprint density at radius 1 is 1.04 bits per heavy atom. The number of thioether (sulfide) groups is 1. The Morgan fingerprint density at radius 2 is 1.81 bits per heavy atom. The van der Waals surface area contributed by atoms with Gasteiger partial charge < -0.3 is 0 Å². The summed E-state index contributed by atoms with van der Waals surface area (Å²) in [5.41, 5.74) is 6.13. The molecule has 2 nitrogen and oxygen atoms in total.